The third-order valence-corrected chi connectivity index (χ3v) is 4.51. The van der Waals surface area contributed by atoms with Crippen molar-refractivity contribution >= 4 is 11.7 Å². The Labute approximate surface area is 146 Å². The Balaban J connectivity index is 1.55. The van der Waals surface area contributed by atoms with Gasteiger partial charge in [0.15, 0.2) is 0 Å². The van der Waals surface area contributed by atoms with Crippen molar-refractivity contribution in [3.8, 4) is 0 Å². The van der Waals surface area contributed by atoms with E-state index in [1.165, 1.54) is 17.2 Å². The quantitative estimate of drug-likeness (QED) is 0.922. The van der Waals surface area contributed by atoms with Gasteiger partial charge in [0.1, 0.15) is 17.3 Å². The van der Waals surface area contributed by atoms with Gasteiger partial charge in [0.05, 0.1) is 0 Å². The monoisotopic (exact) mass is 345 g/mol. The molecule has 2 amide bonds. The number of hydrogen-bond donors (Lipinski definition) is 1. The van der Waals surface area contributed by atoms with Crippen LogP contribution in [0.3, 0.4) is 0 Å². The zero-order valence-corrected chi connectivity index (χ0v) is 14.1. The lowest BCUT2D eigenvalue weighted by Gasteiger charge is -2.35. The number of benzene rings is 2. The minimum Gasteiger partial charge on any atom is -0.322 e. The van der Waals surface area contributed by atoms with Crippen LogP contribution in [0.1, 0.15) is 11.1 Å². The molecule has 0 spiro atoms. The molecule has 1 saturated heterocycles. The van der Waals surface area contributed by atoms with Crippen molar-refractivity contribution < 1.29 is 13.6 Å². The van der Waals surface area contributed by atoms with Crippen LogP contribution in [-0.2, 0) is 6.54 Å². The molecule has 3 rings (SSSR count). The van der Waals surface area contributed by atoms with E-state index in [9.17, 15) is 13.6 Å². The van der Waals surface area contributed by atoms with Gasteiger partial charge in [-0.25, -0.2) is 13.6 Å². The minimum absolute atomic E-state index is 0.394. The topological polar surface area (TPSA) is 35.6 Å². The maximum atomic E-state index is 13.6. The summed E-state index contributed by atoms with van der Waals surface area (Å²) in [5.74, 6) is -1.54. The van der Waals surface area contributed by atoms with Crippen molar-refractivity contribution in [2.24, 2.45) is 0 Å². The number of para-hydroxylation sites is 1. The molecule has 1 aliphatic rings. The predicted molar refractivity (Wildman–Crippen MR) is 93.4 cm³/mol. The number of carbonyl (C=O) groups is 1. The largest absolute Gasteiger partial charge is 0.322 e. The molecule has 0 aromatic heterocycles. The molecule has 6 heteroatoms. The maximum absolute atomic E-state index is 13.6. The molecule has 2 aromatic rings. The first-order valence-corrected chi connectivity index (χ1v) is 8.31. The Morgan fingerprint density at radius 2 is 1.64 bits per heavy atom. The summed E-state index contributed by atoms with van der Waals surface area (Å²) in [5, 5.41) is 2.34. The van der Waals surface area contributed by atoms with Crippen molar-refractivity contribution in [1.29, 1.82) is 0 Å². The molecule has 2 aromatic carbocycles. The number of urea groups is 1. The second-order valence-electron chi connectivity index (χ2n) is 6.22. The van der Waals surface area contributed by atoms with E-state index in [-0.39, 0.29) is 0 Å². The van der Waals surface area contributed by atoms with Crippen molar-refractivity contribution in [3.63, 3.8) is 0 Å². The molecular formula is C19H21F2N3O. The van der Waals surface area contributed by atoms with Gasteiger partial charge in [-0.3, -0.25) is 4.90 Å². The molecule has 1 aliphatic heterocycles. The minimum atomic E-state index is -0.772. The molecule has 25 heavy (non-hydrogen) atoms. The lowest BCUT2D eigenvalue weighted by molar-refractivity contribution is 0.142. The third-order valence-electron chi connectivity index (χ3n) is 4.51. The molecule has 0 aliphatic carbocycles. The Hall–Kier alpha value is -2.47. The van der Waals surface area contributed by atoms with E-state index in [0.717, 1.165) is 31.8 Å². The van der Waals surface area contributed by atoms with Crippen LogP contribution in [0.5, 0.6) is 0 Å². The van der Waals surface area contributed by atoms with Crippen LogP contribution in [0, 0.1) is 18.6 Å². The van der Waals surface area contributed by atoms with Crippen LogP contribution >= 0.6 is 0 Å². The summed E-state index contributed by atoms with van der Waals surface area (Å²) in [5.41, 5.74) is 2.13. The summed E-state index contributed by atoms with van der Waals surface area (Å²) in [6, 6.07) is 11.3. The lowest BCUT2D eigenvalue weighted by Crippen LogP contribution is -2.49. The summed E-state index contributed by atoms with van der Waals surface area (Å²) in [6.07, 6.45) is 0. The number of aryl methyl sites for hydroxylation is 1. The standard InChI is InChI=1S/C19H21F2N3O/c1-14-5-2-3-6-15(14)13-23-9-11-24(12-10-23)19(25)22-18-16(20)7-4-8-17(18)21/h2-8H,9-13H2,1H3,(H,22,25). The number of nitrogens with one attached hydrogen (secondary N) is 1. The zero-order valence-electron chi connectivity index (χ0n) is 14.1. The number of nitrogens with zero attached hydrogens (tertiary/aromatic N) is 2. The van der Waals surface area contributed by atoms with Crippen molar-refractivity contribution in [3.05, 3.63) is 65.2 Å². The Morgan fingerprint density at radius 1 is 1.00 bits per heavy atom. The first kappa shape index (κ1) is 17.4. The van der Waals surface area contributed by atoms with Crippen LogP contribution in [0.4, 0.5) is 19.3 Å². The highest BCUT2D eigenvalue weighted by Crippen LogP contribution is 2.19. The number of rotatable bonds is 3. The summed E-state index contributed by atoms with van der Waals surface area (Å²) in [7, 11) is 0. The van der Waals surface area contributed by atoms with Gasteiger partial charge in [0.2, 0.25) is 0 Å². The molecule has 0 saturated carbocycles. The van der Waals surface area contributed by atoms with E-state index >= 15 is 0 Å². The van der Waals surface area contributed by atoms with Gasteiger partial charge in [0, 0.05) is 32.7 Å². The number of carbonyl (C=O) groups excluding carboxylic acids is 1. The Morgan fingerprint density at radius 3 is 2.28 bits per heavy atom. The fourth-order valence-electron chi connectivity index (χ4n) is 2.94. The molecule has 0 unspecified atom stereocenters. The molecule has 1 fully saturated rings. The van der Waals surface area contributed by atoms with Crippen LogP contribution < -0.4 is 5.32 Å². The predicted octanol–water partition coefficient (Wildman–Crippen LogP) is 3.62. The highest BCUT2D eigenvalue weighted by Gasteiger charge is 2.23. The van der Waals surface area contributed by atoms with E-state index in [0.29, 0.717) is 13.1 Å². The van der Waals surface area contributed by atoms with Gasteiger partial charge in [-0.1, -0.05) is 30.3 Å². The highest BCUT2D eigenvalue weighted by atomic mass is 19.1. The number of piperazine rings is 1. The van der Waals surface area contributed by atoms with E-state index in [2.05, 4.69) is 29.3 Å². The van der Waals surface area contributed by atoms with Crippen LogP contribution in [0.15, 0.2) is 42.5 Å². The number of amides is 2. The van der Waals surface area contributed by atoms with Gasteiger partial charge >= 0.3 is 6.03 Å². The van der Waals surface area contributed by atoms with Gasteiger partial charge < -0.3 is 10.2 Å². The second kappa shape index (κ2) is 7.61. The van der Waals surface area contributed by atoms with Gasteiger partial charge in [0.25, 0.3) is 0 Å². The first-order valence-electron chi connectivity index (χ1n) is 8.31. The average Bonchev–Trinajstić information content (AvgIpc) is 2.61. The number of hydrogen-bond acceptors (Lipinski definition) is 2. The van der Waals surface area contributed by atoms with E-state index in [1.54, 1.807) is 4.90 Å². The smallest absolute Gasteiger partial charge is 0.322 e. The summed E-state index contributed by atoms with van der Waals surface area (Å²) in [6.45, 7) is 5.41. The van der Waals surface area contributed by atoms with E-state index < -0.39 is 23.4 Å². The fourth-order valence-corrected chi connectivity index (χ4v) is 2.94. The fraction of sp³-hybridized carbons (Fsp3) is 0.316. The summed E-state index contributed by atoms with van der Waals surface area (Å²) >= 11 is 0. The van der Waals surface area contributed by atoms with Gasteiger partial charge in [-0.2, -0.15) is 0 Å². The molecular weight excluding hydrogens is 324 g/mol. The normalized spacial score (nSPS) is 15.2. The number of anilines is 1. The Bertz CT molecular complexity index is 738. The molecule has 0 radical (unpaired) electrons. The van der Waals surface area contributed by atoms with Gasteiger partial charge in [-0.15, -0.1) is 0 Å². The molecule has 0 atom stereocenters. The summed E-state index contributed by atoms with van der Waals surface area (Å²) < 4.78 is 27.3. The lowest BCUT2D eigenvalue weighted by atomic mass is 10.1. The van der Waals surface area contributed by atoms with E-state index in [4.69, 9.17) is 0 Å². The van der Waals surface area contributed by atoms with Gasteiger partial charge in [-0.05, 0) is 30.2 Å². The average molecular weight is 345 g/mol. The maximum Gasteiger partial charge on any atom is 0.322 e. The molecule has 4 nitrogen and oxygen atoms in total. The van der Waals surface area contributed by atoms with Crippen LogP contribution in [-0.4, -0.2) is 42.0 Å². The first-order chi connectivity index (χ1) is 12.0. The molecule has 1 N–H and O–H groups in total. The van der Waals surface area contributed by atoms with Crippen molar-refractivity contribution in [2.45, 2.75) is 13.5 Å². The second-order valence-corrected chi connectivity index (χ2v) is 6.22. The highest BCUT2D eigenvalue weighted by molar-refractivity contribution is 5.89. The Kier molecular flexibility index (Phi) is 5.28. The third kappa shape index (κ3) is 4.14. The van der Waals surface area contributed by atoms with Crippen molar-refractivity contribution in [2.75, 3.05) is 31.5 Å². The van der Waals surface area contributed by atoms with Crippen LogP contribution in [0.25, 0.3) is 0 Å². The summed E-state index contributed by atoms with van der Waals surface area (Å²) in [4.78, 5) is 16.1. The molecule has 1 heterocycles. The molecule has 0 bridgehead atoms. The number of halogens is 2. The zero-order chi connectivity index (χ0) is 17.8. The SMILES string of the molecule is Cc1ccccc1CN1CCN(C(=O)Nc2c(F)cccc2F)CC1. The van der Waals surface area contributed by atoms with Crippen molar-refractivity contribution in [1.82, 2.24) is 9.80 Å². The van der Waals surface area contributed by atoms with E-state index in [1.807, 2.05) is 12.1 Å². The molecule has 132 valence electrons. The van der Waals surface area contributed by atoms with Crippen LogP contribution in [0.2, 0.25) is 0 Å².